The first-order valence-corrected chi connectivity index (χ1v) is 11.5. The largest absolute Gasteiger partial charge is 0.444 e. The number of likely N-dealkylation sites (tertiary alicyclic amines) is 1. The first kappa shape index (κ1) is 23.6. The number of amides is 2. The maximum atomic E-state index is 13.1. The van der Waals surface area contributed by atoms with E-state index < -0.39 is 11.7 Å². The molecule has 1 fully saturated rings. The Morgan fingerprint density at radius 2 is 2.06 bits per heavy atom. The highest BCUT2D eigenvalue weighted by atomic mass is 35.5. The van der Waals surface area contributed by atoms with Crippen LogP contribution in [-0.2, 0) is 9.53 Å². The Morgan fingerprint density at radius 1 is 1.26 bits per heavy atom. The number of carbonyl (C=O) groups is 2. The van der Waals surface area contributed by atoms with Crippen LogP contribution in [0, 0.1) is 17.2 Å². The molecule has 0 radical (unpaired) electrons. The maximum Gasteiger partial charge on any atom is 0.410 e. The molecule has 3 aromatic rings. The van der Waals surface area contributed by atoms with Crippen LogP contribution < -0.4 is 5.32 Å². The number of hydrogen-bond donors (Lipinski definition) is 2. The number of benzene rings is 2. The quantitative estimate of drug-likeness (QED) is 0.526. The molecule has 2 heterocycles. The van der Waals surface area contributed by atoms with Gasteiger partial charge in [-0.3, -0.25) is 9.89 Å². The van der Waals surface area contributed by atoms with Gasteiger partial charge in [0.05, 0.1) is 23.1 Å². The summed E-state index contributed by atoms with van der Waals surface area (Å²) in [5.41, 5.74) is 2.20. The van der Waals surface area contributed by atoms with Crippen molar-refractivity contribution in [1.82, 2.24) is 15.1 Å². The van der Waals surface area contributed by atoms with Crippen LogP contribution in [0.3, 0.4) is 0 Å². The number of ether oxygens (including phenoxy) is 1. The molecule has 34 heavy (non-hydrogen) atoms. The minimum absolute atomic E-state index is 0.198. The zero-order valence-electron chi connectivity index (χ0n) is 19.3. The van der Waals surface area contributed by atoms with Crippen LogP contribution in [0.25, 0.3) is 22.0 Å². The summed E-state index contributed by atoms with van der Waals surface area (Å²) in [6.45, 7) is 6.32. The van der Waals surface area contributed by atoms with Crippen molar-refractivity contribution in [2.24, 2.45) is 5.92 Å². The molecule has 2 amide bonds. The van der Waals surface area contributed by atoms with Crippen molar-refractivity contribution >= 4 is 40.3 Å². The molecule has 2 aromatic carbocycles. The van der Waals surface area contributed by atoms with Crippen molar-refractivity contribution in [2.45, 2.75) is 39.2 Å². The molecule has 176 valence electrons. The fourth-order valence-corrected chi connectivity index (χ4v) is 4.22. The monoisotopic (exact) mass is 479 g/mol. The molecule has 0 spiro atoms. The molecule has 0 saturated carbocycles. The fourth-order valence-electron chi connectivity index (χ4n) is 4.00. The van der Waals surface area contributed by atoms with Crippen LogP contribution in [0.2, 0.25) is 5.02 Å². The molecule has 1 aromatic heterocycles. The highest BCUT2D eigenvalue weighted by Gasteiger charge is 2.31. The fraction of sp³-hybridized carbons (Fsp3) is 0.360. The lowest BCUT2D eigenvalue weighted by atomic mass is 9.97. The number of nitrogens with zero attached hydrogens (tertiary/aromatic N) is 3. The lowest BCUT2D eigenvalue weighted by Gasteiger charge is -2.33. The van der Waals surface area contributed by atoms with Gasteiger partial charge in [-0.15, -0.1) is 0 Å². The summed E-state index contributed by atoms with van der Waals surface area (Å²) in [7, 11) is 0. The van der Waals surface area contributed by atoms with Gasteiger partial charge in [0, 0.05) is 29.1 Å². The predicted molar refractivity (Wildman–Crippen MR) is 130 cm³/mol. The van der Waals surface area contributed by atoms with Gasteiger partial charge < -0.3 is 15.0 Å². The topological polar surface area (TPSA) is 111 Å². The molecule has 1 atom stereocenters. The maximum absolute atomic E-state index is 13.1. The highest BCUT2D eigenvalue weighted by molar-refractivity contribution is 6.33. The summed E-state index contributed by atoms with van der Waals surface area (Å²) >= 11 is 6.37. The van der Waals surface area contributed by atoms with Gasteiger partial charge in [0.2, 0.25) is 5.91 Å². The van der Waals surface area contributed by atoms with Gasteiger partial charge in [0.25, 0.3) is 0 Å². The SMILES string of the molecule is CC(C)(C)OC(=O)N1CCC[C@@H](C(=O)Nc2n[nH]c3ccc(-c4cc(C#N)ccc4Cl)cc23)C1. The number of nitrogens with one attached hydrogen (secondary N) is 2. The van der Waals surface area contributed by atoms with E-state index in [4.69, 9.17) is 16.3 Å². The third kappa shape index (κ3) is 5.15. The summed E-state index contributed by atoms with van der Waals surface area (Å²) in [5.74, 6) is -0.154. The van der Waals surface area contributed by atoms with Gasteiger partial charge in [-0.1, -0.05) is 17.7 Å². The van der Waals surface area contributed by atoms with E-state index in [9.17, 15) is 14.9 Å². The molecule has 0 unspecified atom stereocenters. The van der Waals surface area contributed by atoms with Crippen molar-refractivity contribution in [3.05, 3.63) is 47.0 Å². The minimum Gasteiger partial charge on any atom is -0.444 e. The number of nitriles is 1. The van der Waals surface area contributed by atoms with Crippen LogP contribution in [0.15, 0.2) is 36.4 Å². The van der Waals surface area contributed by atoms with Gasteiger partial charge >= 0.3 is 6.09 Å². The Balaban J connectivity index is 1.53. The van der Waals surface area contributed by atoms with Gasteiger partial charge in [0.1, 0.15) is 5.60 Å². The molecule has 1 aliphatic heterocycles. The number of aromatic amines is 1. The van der Waals surface area contributed by atoms with Gasteiger partial charge in [-0.05, 0) is 69.5 Å². The van der Waals surface area contributed by atoms with E-state index in [0.717, 1.165) is 28.5 Å². The predicted octanol–water partition coefficient (Wildman–Crippen LogP) is 5.34. The standard InChI is InChI=1S/C25H26ClN5O3/c1-25(2,3)34-24(33)31-10-4-5-17(14-31)23(32)28-22-19-12-16(7-9-21(19)29-30-22)18-11-15(13-27)6-8-20(18)26/h6-9,11-12,17H,4-5,10,14H2,1-3H3,(H2,28,29,30,32)/t17-/m1/s1. The number of halogens is 1. The molecule has 0 bridgehead atoms. The number of piperidine rings is 1. The Hall–Kier alpha value is -3.57. The molecule has 2 N–H and O–H groups in total. The second-order valence-electron chi connectivity index (χ2n) is 9.39. The Morgan fingerprint density at radius 3 is 2.79 bits per heavy atom. The zero-order chi connectivity index (χ0) is 24.5. The van der Waals surface area contributed by atoms with E-state index in [0.29, 0.717) is 35.9 Å². The van der Waals surface area contributed by atoms with Crippen LogP contribution in [0.5, 0.6) is 0 Å². The number of rotatable bonds is 3. The van der Waals surface area contributed by atoms with E-state index in [2.05, 4.69) is 21.6 Å². The number of H-pyrrole nitrogens is 1. The number of anilines is 1. The van der Waals surface area contributed by atoms with Crippen molar-refractivity contribution in [3.63, 3.8) is 0 Å². The second-order valence-corrected chi connectivity index (χ2v) is 9.80. The normalized spacial score (nSPS) is 16.2. The summed E-state index contributed by atoms with van der Waals surface area (Å²) in [4.78, 5) is 27.1. The number of fused-ring (bicyclic) bond motifs is 1. The lowest BCUT2D eigenvalue weighted by Crippen LogP contribution is -2.45. The van der Waals surface area contributed by atoms with Gasteiger partial charge in [-0.2, -0.15) is 10.4 Å². The van der Waals surface area contributed by atoms with E-state index in [1.165, 1.54) is 0 Å². The third-order valence-electron chi connectivity index (χ3n) is 5.65. The average Bonchev–Trinajstić information content (AvgIpc) is 3.20. The first-order chi connectivity index (χ1) is 16.1. The van der Waals surface area contributed by atoms with Gasteiger partial charge in [-0.25, -0.2) is 4.79 Å². The molecule has 1 aliphatic rings. The van der Waals surface area contributed by atoms with E-state index in [1.807, 2.05) is 39.0 Å². The molecule has 4 rings (SSSR count). The molecule has 1 saturated heterocycles. The van der Waals surface area contributed by atoms with Crippen molar-refractivity contribution in [2.75, 3.05) is 18.4 Å². The molecular formula is C25H26ClN5O3. The summed E-state index contributed by atoms with van der Waals surface area (Å²) in [6, 6.07) is 12.8. The molecule has 9 heteroatoms. The number of carbonyl (C=O) groups excluding carboxylic acids is 2. The van der Waals surface area contributed by atoms with Crippen molar-refractivity contribution in [1.29, 1.82) is 5.26 Å². The smallest absolute Gasteiger partial charge is 0.410 e. The highest BCUT2D eigenvalue weighted by Crippen LogP contribution is 2.33. The van der Waals surface area contributed by atoms with Crippen LogP contribution in [0.1, 0.15) is 39.2 Å². The van der Waals surface area contributed by atoms with E-state index >= 15 is 0 Å². The Labute approximate surface area is 202 Å². The van der Waals surface area contributed by atoms with E-state index in [-0.39, 0.29) is 11.8 Å². The number of aromatic nitrogens is 2. The number of hydrogen-bond acceptors (Lipinski definition) is 5. The third-order valence-corrected chi connectivity index (χ3v) is 5.98. The Kier molecular flexibility index (Phi) is 6.49. The van der Waals surface area contributed by atoms with Crippen LogP contribution in [-0.4, -0.2) is 45.8 Å². The molecule has 8 nitrogen and oxygen atoms in total. The molecule has 0 aliphatic carbocycles. The first-order valence-electron chi connectivity index (χ1n) is 11.1. The lowest BCUT2D eigenvalue weighted by molar-refractivity contribution is -0.121. The molecular weight excluding hydrogens is 454 g/mol. The van der Waals surface area contributed by atoms with Crippen molar-refractivity contribution in [3.8, 4) is 17.2 Å². The summed E-state index contributed by atoms with van der Waals surface area (Å²) in [5, 5.41) is 20.6. The summed E-state index contributed by atoms with van der Waals surface area (Å²) < 4.78 is 5.46. The van der Waals surface area contributed by atoms with Crippen LogP contribution >= 0.6 is 11.6 Å². The second kappa shape index (κ2) is 9.35. The van der Waals surface area contributed by atoms with Crippen LogP contribution in [0.4, 0.5) is 10.6 Å². The zero-order valence-corrected chi connectivity index (χ0v) is 20.1. The summed E-state index contributed by atoms with van der Waals surface area (Å²) in [6.07, 6.45) is 0.988. The average molecular weight is 480 g/mol. The minimum atomic E-state index is -0.590. The van der Waals surface area contributed by atoms with Gasteiger partial charge in [0.15, 0.2) is 5.82 Å². The van der Waals surface area contributed by atoms with E-state index in [1.54, 1.807) is 23.1 Å². The Bertz CT molecular complexity index is 1290. The van der Waals surface area contributed by atoms with Crippen molar-refractivity contribution < 1.29 is 14.3 Å².